The molecule has 6 heteroatoms. The van der Waals surface area contributed by atoms with Gasteiger partial charge in [0.05, 0.1) is 14.2 Å². The highest BCUT2D eigenvalue weighted by molar-refractivity contribution is 6.02. The maximum Gasteiger partial charge on any atom is 0.162 e. The van der Waals surface area contributed by atoms with E-state index in [0.717, 1.165) is 48.5 Å². The molecule has 2 heterocycles. The number of nitrogens with zero attached hydrogens (tertiary/aromatic N) is 2. The predicted molar refractivity (Wildman–Crippen MR) is 114 cm³/mol. The summed E-state index contributed by atoms with van der Waals surface area (Å²) < 4.78 is 10.8. The van der Waals surface area contributed by atoms with Crippen LogP contribution < -0.4 is 14.8 Å². The van der Waals surface area contributed by atoms with E-state index in [0.29, 0.717) is 12.2 Å². The Balaban J connectivity index is 1.75. The monoisotopic (exact) mass is 395 g/mol. The van der Waals surface area contributed by atoms with Crippen molar-refractivity contribution in [2.45, 2.75) is 31.0 Å². The molecule has 154 valence electrons. The number of hydrogen-bond acceptors (Lipinski definition) is 6. The molecular formula is C23H29N3O3. The van der Waals surface area contributed by atoms with Crippen molar-refractivity contribution in [3.8, 4) is 17.2 Å². The van der Waals surface area contributed by atoms with Crippen molar-refractivity contribution in [3.05, 3.63) is 53.6 Å². The first-order chi connectivity index (χ1) is 14.0. The summed E-state index contributed by atoms with van der Waals surface area (Å²) in [5.41, 5.74) is 2.62. The summed E-state index contributed by atoms with van der Waals surface area (Å²) in [6.45, 7) is 1.97. The molecule has 2 aromatic rings. The Hall–Kier alpha value is -2.57. The van der Waals surface area contributed by atoms with E-state index in [9.17, 15) is 5.11 Å². The third-order valence-electron chi connectivity index (χ3n) is 6.03. The maximum absolute atomic E-state index is 10.8. The number of likely N-dealkylation sites (tertiary alicyclic amines) is 1. The van der Waals surface area contributed by atoms with Crippen molar-refractivity contribution < 1.29 is 14.6 Å². The molecule has 2 N–H and O–H groups in total. The fraction of sp³-hybridized carbons (Fsp3) is 0.435. The molecule has 1 saturated heterocycles. The molecule has 0 radical (unpaired) electrons. The molecule has 0 unspecified atom stereocenters. The fourth-order valence-corrected chi connectivity index (χ4v) is 4.31. The maximum atomic E-state index is 10.8. The molecule has 0 aromatic heterocycles. The number of hydrogen-bond donors (Lipinski definition) is 2. The first kappa shape index (κ1) is 19.7. The van der Waals surface area contributed by atoms with Crippen LogP contribution in [0.4, 0.5) is 0 Å². The molecular weight excluding hydrogens is 366 g/mol. The summed E-state index contributed by atoms with van der Waals surface area (Å²) in [7, 11) is 5.40. The Bertz CT molecular complexity index is 904. The first-order valence-electron chi connectivity index (χ1n) is 10.1. The molecule has 1 fully saturated rings. The number of benzene rings is 2. The van der Waals surface area contributed by atoms with Gasteiger partial charge in [0.1, 0.15) is 11.4 Å². The minimum Gasteiger partial charge on any atom is -0.504 e. The number of piperidine rings is 1. The lowest BCUT2D eigenvalue weighted by Gasteiger charge is -2.44. The van der Waals surface area contributed by atoms with Crippen molar-refractivity contribution >= 4 is 5.71 Å². The van der Waals surface area contributed by atoms with Gasteiger partial charge in [0, 0.05) is 36.8 Å². The predicted octanol–water partition coefficient (Wildman–Crippen LogP) is 3.36. The highest BCUT2D eigenvalue weighted by Gasteiger charge is 2.40. The van der Waals surface area contributed by atoms with Crippen LogP contribution in [0.3, 0.4) is 0 Å². The molecule has 1 atom stereocenters. The standard InChI is InChI=1S/C23H29N3O3/c1-26-12-10-23(11-13-26)24-19(16-6-4-7-17(14-16)28-2)15-20(25-23)18-8-5-9-21(29-3)22(18)27/h4-9,14,20,25,27H,10-13,15H2,1-3H3/t20-/m1/s1. The fourth-order valence-electron chi connectivity index (χ4n) is 4.31. The Morgan fingerprint density at radius 1 is 1.10 bits per heavy atom. The number of aromatic hydroxyl groups is 1. The van der Waals surface area contributed by atoms with Gasteiger partial charge in [-0.05, 0) is 43.7 Å². The Morgan fingerprint density at radius 3 is 2.59 bits per heavy atom. The van der Waals surface area contributed by atoms with E-state index in [-0.39, 0.29) is 17.5 Å². The molecule has 2 aromatic carbocycles. The topological polar surface area (TPSA) is 66.3 Å². The van der Waals surface area contributed by atoms with Gasteiger partial charge < -0.3 is 19.5 Å². The zero-order valence-electron chi connectivity index (χ0n) is 17.3. The smallest absolute Gasteiger partial charge is 0.162 e. The van der Waals surface area contributed by atoms with Crippen LogP contribution >= 0.6 is 0 Å². The second-order valence-corrected chi connectivity index (χ2v) is 7.92. The third-order valence-corrected chi connectivity index (χ3v) is 6.03. The second-order valence-electron chi connectivity index (χ2n) is 7.92. The molecule has 0 bridgehead atoms. The van der Waals surface area contributed by atoms with E-state index in [4.69, 9.17) is 14.5 Å². The van der Waals surface area contributed by atoms with Crippen LogP contribution in [0.15, 0.2) is 47.5 Å². The van der Waals surface area contributed by atoms with E-state index in [2.05, 4.69) is 23.3 Å². The van der Waals surface area contributed by atoms with E-state index in [1.54, 1.807) is 20.3 Å². The molecule has 2 aliphatic heterocycles. The third kappa shape index (κ3) is 3.95. The van der Waals surface area contributed by atoms with Gasteiger partial charge in [0.2, 0.25) is 0 Å². The Kier molecular flexibility index (Phi) is 5.48. The zero-order chi connectivity index (χ0) is 20.4. The van der Waals surface area contributed by atoms with Crippen LogP contribution in [0.5, 0.6) is 17.2 Å². The quantitative estimate of drug-likeness (QED) is 0.831. The van der Waals surface area contributed by atoms with E-state index in [1.807, 2.05) is 30.3 Å². The summed E-state index contributed by atoms with van der Waals surface area (Å²) in [5, 5.41) is 14.5. The van der Waals surface area contributed by atoms with Gasteiger partial charge in [0.15, 0.2) is 11.5 Å². The van der Waals surface area contributed by atoms with Crippen LogP contribution in [-0.2, 0) is 0 Å². The van der Waals surface area contributed by atoms with E-state index >= 15 is 0 Å². The van der Waals surface area contributed by atoms with Gasteiger partial charge in [-0.25, -0.2) is 0 Å². The van der Waals surface area contributed by atoms with Crippen LogP contribution in [0.2, 0.25) is 0 Å². The molecule has 0 amide bonds. The SMILES string of the molecule is COc1cccc(C2=NC3(CCN(C)CC3)N[C@@H](c3cccc(OC)c3O)C2)c1. The van der Waals surface area contributed by atoms with Gasteiger partial charge in [-0.2, -0.15) is 0 Å². The van der Waals surface area contributed by atoms with Gasteiger partial charge in [0.25, 0.3) is 0 Å². The number of rotatable bonds is 4. The minimum atomic E-state index is -0.330. The van der Waals surface area contributed by atoms with Crippen molar-refractivity contribution in [1.29, 1.82) is 0 Å². The molecule has 0 saturated carbocycles. The highest BCUT2D eigenvalue weighted by Crippen LogP contribution is 2.40. The highest BCUT2D eigenvalue weighted by atomic mass is 16.5. The normalized spacial score (nSPS) is 21.6. The van der Waals surface area contributed by atoms with Crippen LogP contribution in [0, 0.1) is 0 Å². The van der Waals surface area contributed by atoms with Crippen LogP contribution in [0.25, 0.3) is 0 Å². The first-order valence-corrected chi connectivity index (χ1v) is 10.1. The van der Waals surface area contributed by atoms with Crippen LogP contribution in [-0.4, -0.2) is 55.7 Å². The van der Waals surface area contributed by atoms with Crippen molar-refractivity contribution in [1.82, 2.24) is 10.2 Å². The molecule has 1 spiro atoms. The lowest BCUT2D eigenvalue weighted by molar-refractivity contribution is 0.144. The molecule has 0 aliphatic carbocycles. The average Bonchev–Trinajstić information content (AvgIpc) is 2.76. The largest absolute Gasteiger partial charge is 0.504 e. The molecule has 2 aliphatic rings. The van der Waals surface area contributed by atoms with Gasteiger partial charge in [-0.1, -0.05) is 24.3 Å². The van der Waals surface area contributed by atoms with Gasteiger partial charge in [-0.15, -0.1) is 0 Å². The number of phenols is 1. The lowest BCUT2D eigenvalue weighted by Crippen LogP contribution is -2.55. The Labute approximate surface area is 172 Å². The minimum absolute atomic E-state index is 0.0489. The lowest BCUT2D eigenvalue weighted by atomic mass is 9.87. The number of methoxy groups -OCH3 is 2. The molecule has 4 rings (SSSR count). The summed E-state index contributed by atoms with van der Waals surface area (Å²) in [4.78, 5) is 7.54. The average molecular weight is 396 g/mol. The van der Waals surface area contributed by atoms with Crippen LogP contribution in [0.1, 0.15) is 36.4 Å². The summed E-state index contributed by atoms with van der Waals surface area (Å²) in [6.07, 6.45) is 2.54. The number of nitrogens with one attached hydrogen (secondary N) is 1. The van der Waals surface area contributed by atoms with E-state index in [1.165, 1.54) is 0 Å². The van der Waals surface area contributed by atoms with Gasteiger partial charge >= 0.3 is 0 Å². The molecule has 29 heavy (non-hydrogen) atoms. The molecule has 6 nitrogen and oxygen atoms in total. The summed E-state index contributed by atoms with van der Waals surface area (Å²) in [5.74, 6) is 1.51. The number of para-hydroxylation sites is 1. The number of ether oxygens (including phenoxy) is 2. The second kappa shape index (κ2) is 8.05. The zero-order valence-corrected chi connectivity index (χ0v) is 17.3. The van der Waals surface area contributed by atoms with Crippen molar-refractivity contribution in [2.24, 2.45) is 4.99 Å². The number of phenolic OH excluding ortho intramolecular Hbond substituents is 1. The van der Waals surface area contributed by atoms with Gasteiger partial charge in [-0.3, -0.25) is 10.3 Å². The van der Waals surface area contributed by atoms with E-state index < -0.39 is 0 Å². The number of aliphatic imine (C=N–C) groups is 1. The summed E-state index contributed by atoms with van der Waals surface area (Å²) >= 11 is 0. The van der Waals surface area contributed by atoms with Crippen molar-refractivity contribution in [2.75, 3.05) is 34.4 Å². The Morgan fingerprint density at radius 2 is 1.86 bits per heavy atom. The van der Waals surface area contributed by atoms with Crippen molar-refractivity contribution in [3.63, 3.8) is 0 Å². The summed E-state index contributed by atoms with van der Waals surface area (Å²) in [6, 6.07) is 13.7.